The molecule has 0 radical (unpaired) electrons. The number of hydrogen-bond acceptors (Lipinski definition) is 7. The number of rotatable bonds is 6. The summed E-state index contributed by atoms with van der Waals surface area (Å²) in [7, 11) is -2.11. The molecule has 39 heavy (non-hydrogen) atoms. The lowest BCUT2D eigenvalue weighted by atomic mass is 10.1. The fourth-order valence-corrected chi connectivity index (χ4v) is 5.14. The molecule has 0 spiro atoms. The summed E-state index contributed by atoms with van der Waals surface area (Å²) in [5.41, 5.74) is 6.76. The normalized spacial score (nSPS) is 13.1. The highest BCUT2D eigenvalue weighted by Crippen LogP contribution is 2.34. The molecule has 0 aliphatic heterocycles. The number of pyridine rings is 1. The van der Waals surface area contributed by atoms with E-state index in [0.717, 1.165) is 11.8 Å². The summed E-state index contributed by atoms with van der Waals surface area (Å²) < 4.78 is 29.8. The van der Waals surface area contributed by atoms with Gasteiger partial charge in [-0.25, -0.2) is 17.8 Å². The van der Waals surface area contributed by atoms with Crippen LogP contribution in [-0.4, -0.2) is 28.4 Å². The van der Waals surface area contributed by atoms with Crippen molar-refractivity contribution in [3.05, 3.63) is 90.8 Å². The number of nitrogens with two attached hydrogens (primary N) is 1. The first-order chi connectivity index (χ1) is 18.5. The number of sulfonamides is 1. The molecule has 12 heteroatoms. The van der Waals surface area contributed by atoms with E-state index in [9.17, 15) is 22.8 Å². The van der Waals surface area contributed by atoms with Gasteiger partial charge in [-0.15, -0.1) is 0 Å². The maximum Gasteiger partial charge on any atom is 0.337 e. The molecule has 4 aromatic rings. The molecule has 2 aromatic heterocycles. The maximum absolute atomic E-state index is 13.8. The highest BCUT2D eigenvalue weighted by atomic mass is 32.2. The minimum Gasteiger partial charge on any atom is -0.359 e. The van der Waals surface area contributed by atoms with Crippen LogP contribution in [0.3, 0.4) is 0 Å². The van der Waals surface area contributed by atoms with Crippen molar-refractivity contribution in [2.24, 2.45) is 12.8 Å². The number of nitrogens with one attached hydrogen (secondary N) is 2. The van der Waals surface area contributed by atoms with Crippen LogP contribution >= 0.6 is 0 Å². The fourth-order valence-electron chi connectivity index (χ4n) is 4.58. The Morgan fingerprint density at radius 1 is 1.03 bits per heavy atom. The van der Waals surface area contributed by atoms with Crippen LogP contribution in [0.4, 0.5) is 17.1 Å². The number of nitrogens with zero attached hydrogens (tertiary/aromatic N) is 3. The molecular formula is C27H26N6O5S. The lowest BCUT2D eigenvalue weighted by Gasteiger charge is -2.19. The molecule has 0 amide bonds. The average molecular weight is 547 g/mol. The SMILES string of the molecule is Cc1cc(C#CN)ccc1Nc1cc(=O)n(C)c2c1c(=O)n(C1CC1)c(=O)n2-c1cccc(NS(C)(=O)=O)c1. The molecule has 0 bridgehead atoms. The minimum atomic E-state index is -3.59. The summed E-state index contributed by atoms with van der Waals surface area (Å²) in [4.78, 5) is 40.8. The van der Waals surface area contributed by atoms with Crippen LogP contribution in [-0.2, 0) is 17.1 Å². The Bertz CT molecular complexity index is 2010. The zero-order valence-electron chi connectivity index (χ0n) is 21.5. The third kappa shape index (κ3) is 4.92. The maximum atomic E-state index is 13.8. The molecule has 11 nitrogen and oxygen atoms in total. The Balaban J connectivity index is 1.82. The van der Waals surface area contributed by atoms with Crippen molar-refractivity contribution >= 4 is 38.1 Å². The Morgan fingerprint density at radius 2 is 1.77 bits per heavy atom. The van der Waals surface area contributed by atoms with Crippen LogP contribution in [0.1, 0.15) is 30.0 Å². The minimum absolute atomic E-state index is 0.0803. The third-order valence-electron chi connectivity index (χ3n) is 6.48. The predicted octanol–water partition coefficient (Wildman–Crippen LogP) is 1.88. The van der Waals surface area contributed by atoms with Crippen molar-refractivity contribution in [1.82, 2.24) is 13.7 Å². The first-order valence-electron chi connectivity index (χ1n) is 12.1. The fraction of sp³-hybridized carbons (Fsp3) is 0.222. The van der Waals surface area contributed by atoms with Gasteiger partial charge in [-0.3, -0.25) is 23.4 Å². The second-order valence-corrected chi connectivity index (χ2v) is 11.3. The van der Waals surface area contributed by atoms with Gasteiger partial charge in [-0.1, -0.05) is 6.07 Å². The molecule has 200 valence electrons. The van der Waals surface area contributed by atoms with E-state index >= 15 is 0 Å². The van der Waals surface area contributed by atoms with Gasteiger partial charge in [0.05, 0.1) is 23.3 Å². The number of aryl methyl sites for hydroxylation is 2. The molecule has 5 rings (SSSR count). The Labute approximate surface area is 223 Å². The molecule has 1 aliphatic rings. The number of hydrogen-bond donors (Lipinski definition) is 3. The lowest BCUT2D eigenvalue weighted by molar-refractivity contribution is 0.607. The summed E-state index contributed by atoms with van der Waals surface area (Å²) in [6.07, 6.45) is 2.37. The van der Waals surface area contributed by atoms with E-state index in [1.165, 1.54) is 32.9 Å². The van der Waals surface area contributed by atoms with Crippen molar-refractivity contribution in [3.63, 3.8) is 0 Å². The van der Waals surface area contributed by atoms with E-state index in [0.29, 0.717) is 29.8 Å². The Kier molecular flexibility index (Phi) is 6.32. The number of anilines is 3. The van der Waals surface area contributed by atoms with Crippen LogP contribution < -0.4 is 32.6 Å². The smallest absolute Gasteiger partial charge is 0.337 e. The van der Waals surface area contributed by atoms with Crippen LogP contribution in [0.2, 0.25) is 0 Å². The van der Waals surface area contributed by atoms with Crippen molar-refractivity contribution in [1.29, 1.82) is 0 Å². The van der Waals surface area contributed by atoms with E-state index in [4.69, 9.17) is 5.73 Å². The van der Waals surface area contributed by atoms with E-state index < -0.39 is 26.8 Å². The lowest BCUT2D eigenvalue weighted by Crippen LogP contribution is -2.41. The van der Waals surface area contributed by atoms with Gasteiger partial charge in [-0.05, 0) is 67.6 Å². The van der Waals surface area contributed by atoms with Gasteiger partial charge >= 0.3 is 5.69 Å². The van der Waals surface area contributed by atoms with E-state index in [1.54, 1.807) is 30.3 Å². The molecule has 0 atom stereocenters. The van der Waals surface area contributed by atoms with Gasteiger partial charge in [0.1, 0.15) is 11.0 Å². The number of fused-ring (bicyclic) bond motifs is 1. The molecule has 1 fully saturated rings. The molecule has 2 aromatic carbocycles. The molecule has 4 N–H and O–H groups in total. The van der Waals surface area contributed by atoms with Gasteiger partial charge in [0, 0.05) is 36.5 Å². The number of benzene rings is 2. The Morgan fingerprint density at radius 3 is 2.41 bits per heavy atom. The van der Waals surface area contributed by atoms with Crippen LogP contribution in [0, 0.1) is 18.9 Å². The zero-order chi connectivity index (χ0) is 28.1. The van der Waals surface area contributed by atoms with Crippen LogP contribution in [0.15, 0.2) is 62.9 Å². The molecule has 0 unspecified atom stereocenters. The molecule has 1 saturated carbocycles. The zero-order valence-corrected chi connectivity index (χ0v) is 22.3. The monoisotopic (exact) mass is 546 g/mol. The van der Waals surface area contributed by atoms with Crippen molar-refractivity contribution in [2.75, 3.05) is 16.3 Å². The molecule has 2 heterocycles. The van der Waals surface area contributed by atoms with E-state index in [1.807, 2.05) is 13.0 Å². The van der Waals surface area contributed by atoms with Crippen molar-refractivity contribution in [3.8, 4) is 17.7 Å². The summed E-state index contributed by atoms with van der Waals surface area (Å²) in [6, 6.07) is 15.0. The van der Waals surface area contributed by atoms with Crippen molar-refractivity contribution < 1.29 is 8.42 Å². The molecular weight excluding hydrogens is 520 g/mol. The van der Waals surface area contributed by atoms with E-state index in [2.05, 4.69) is 22.0 Å². The standard InChI is InChI=1S/C27H26N6O5S/c1-16-13-17(11-12-28)7-10-21(16)29-22-15-23(34)31(2)25-24(22)26(35)33(19-8-9-19)27(36)32(25)20-6-4-5-18(14-20)30-39(3,37)38/h4-7,10,13-15,19,29-30H,8-9,28H2,1-3H3. The van der Waals surface area contributed by atoms with Crippen molar-refractivity contribution in [2.45, 2.75) is 25.8 Å². The first kappa shape index (κ1) is 25.9. The van der Waals surface area contributed by atoms with Gasteiger partial charge in [0.15, 0.2) is 0 Å². The van der Waals surface area contributed by atoms with Gasteiger partial charge in [0.25, 0.3) is 11.1 Å². The predicted molar refractivity (Wildman–Crippen MR) is 151 cm³/mol. The second-order valence-electron chi connectivity index (χ2n) is 9.53. The topological polar surface area (TPSA) is 150 Å². The molecule has 0 saturated heterocycles. The first-order valence-corrected chi connectivity index (χ1v) is 14.0. The third-order valence-corrected chi connectivity index (χ3v) is 7.09. The largest absolute Gasteiger partial charge is 0.359 e. The summed E-state index contributed by atoms with van der Waals surface area (Å²) in [6.45, 7) is 1.85. The highest BCUT2D eigenvalue weighted by Gasteiger charge is 2.31. The average Bonchev–Trinajstić information content (AvgIpc) is 3.68. The summed E-state index contributed by atoms with van der Waals surface area (Å²) >= 11 is 0. The van der Waals surface area contributed by atoms with Gasteiger partial charge in [0.2, 0.25) is 10.0 Å². The quantitative estimate of drug-likeness (QED) is 0.247. The summed E-state index contributed by atoms with van der Waals surface area (Å²) in [5.74, 6) is 2.78. The van der Waals surface area contributed by atoms with E-state index in [-0.39, 0.29) is 28.5 Å². The van der Waals surface area contributed by atoms with Gasteiger partial charge < -0.3 is 11.1 Å². The second kappa shape index (κ2) is 9.52. The van der Waals surface area contributed by atoms with Crippen LogP contribution in [0.25, 0.3) is 16.7 Å². The summed E-state index contributed by atoms with van der Waals surface area (Å²) in [5, 5.41) is 3.36. The Hall–Kier alpha value is -4.76. The molecule has 1 aliphatic carbocycles. The number of aromatic nitrogens is 3. The van der Waals surface area contributed by atoms with Gasteiger partial charge in [-0.2, -0.15) is 0 Å². The van der Waals surface area contributed by atoms with Crippen LogP contribution in [0.5, 0.6) is 0 Å². The highest BCUT2D eigenvalue weighted by molar-refractivity contribution is 7.92.